The number of carbonyl (C=O) groups is 1. The number of anilines is 1. The van der Waals surface area contributed by atoms with E-state index in [-0.39, 0.29) is 11.6 Å². The molecule has 0 aliphatic heterocycles. The molecule has 0 radical (unpaired) electrons. The molecule has 4 rings (SSSR count). The van der Waals surface area contributed by atoms with E-state index in [2.05, 4.69) is 66.1 Å². The molecule has 1 aromatic carbocycles. The van der Waals surface area contributed by atoms with Crippen molar-refractivity contribution in [3.05, 3.63) is 58.9 Å². The molecular weight excluding hydrogens is 420 g/mol. The van der Waals surface area contributed by atoms with Gasteiger partial charge < -0.3 is 15.2 Å². The van der Waals surface area contributed by atoms with Gasteiger partial charge in [0.25, 0.3) is 0 Å². The highest BCUT2D eigenvalue weighted by molar-refractivity contribution is 6.35. The van der Waals surface area contributed by atoms with E-state index in [1.54, 1.807) is 6.20 Å². The number of benzene rings is 1. The molecule has 0 unspecified atom stereocenters. The van der Waals surface area contributed by atoms with Crippen LogP contribution in [0.25, 0.3) is 11.0 Å². The molecule has 6 heteroatoms. The molecule has 170 valence electrons. The first kappa shape index (κ1) is 22.7. The summed E-state index contributed by atoms with van der Waals surface area (Å²) in [5.74, 6) is 0.647. The summed E-state index contributed by atoms with van der Waals surface area (Å²) in [4.78, 5) is 17.7. The van der Waals surface area contributed by atoms with Gasteiger partial charge in [-0.1, -0.05) is 70.3 Å². The van der Waals surface area contributed by atoms with Crippen LogP contribution >= 0.6 is 11.6 Å². The topological polar surface area (TPSA) is 59.0 Å². The Hall–Kier alpha value is -2.53. The molecule has 1 aliphatic rings. The first-order valence-electron chi connectivity index (χ1n) is 11.6. The summed E-state index contributed by atoms with van der Waals surface area (Å²) in [7, 11) is 0. The number of hydrogen-bond acceptors (Lipinski definition) is 2. The molecule has 2 amide bonds. The third-order valence-electron chi connectivity index (χ3n) is 6.75. The fraction of sp³-hybridized carbons (Fsp3) is 0.462. The van der Waals surface area contributed by atoms with Gasteiger partial charge in [-0.05, 0) is 47.9 Å². The van der Waals surface area contributed by atoms with Gasteiger partial charge in [-0.2, -0.15) is 0 Å². The fourth-order valence-electron chi connectivity index (χ4n) is 5.01. The third-order valence-corrected chi connectivity index (χ3v) is 7.05. The predicted molar refractivity (Wildman–Crippen MR) is 133 cm³/mol. The normalized spacial score (nSPS) is 15.6. The van der Waals surface area contributed by atoms with E-state index in [0.717, 1.165) is 53.5 Å². The molecular formula is C26H33ClN4O. The second-order valence-electron chi connectivity index (χ2n) is 9.58. The standard InChI is InChI=1S/C26H33ClN4O/c1-17(2)19-9-7-10-20(18(3)4)23(19)30-25(32)29-16-26(12-5-6-13-26)31-15-22(27)21-11-8-14-28-24(21)31/h7-11,14-15,17-18H,5-6,12-13,16H2,1-4H3,(H2,29,30,32). The number of para-hydroxylation sites is 1. The molecule has 0 spiro atoms. The van der Waals surface area contributed by atoms with Gasteiger partial charge in [-0.15, -0.1) is 0 Å². The first-order chi connectivity index (χ1) is 15.3. The zero-order chi connectivity index (χ0) is 22.9. The monoisotopic (exact) mass is 452 g/mol. The number of urea groups is 1. The minimum atomic E-state index is -0.213. The highest BCUT2D eigenvalue weighted by Gasteiger charge is 2.37. The van der Waals surface area contributed by atoms with Crippen LogP contribution in [0.5, 0.6) is 0 Å². The average Bonchev–Trinajstić information content (AvgIpc) is 3.38. The zero-order valence-corrected chi connectivity index (χ0v) is 20.2. The second kappa shape index (κ2) is 9.14. The minimum Gasteiger partial charge on any atom is -0.335 e. The largest absolute Gasteiger partial charge is 0.335 e. The van der Waals surface area contributed by atoms with Crippen LogP contribution in [0.3, 0.4) is 0 Å². The highest BCUT2D eigenvalue weighted by atomic mass is 35.5. The van der Waals surface area contributed by atoms with E-state index in [4.69, 9.17) is 11.6 Å². The number of halogens is 1. The lowest BCUT2D eigenvalue weighted by atomic mass is 9.92. The van der Waals surface area contributed by atoms with Gasteiger partial charge >= 0.3 is 6.03 Å². The van der Waals surface area contributed by atoms with Crippen molar-refractivity contribution in [2.45, 2.75) is 70.8 Å². The summed E-state index contributed by atoms with van der Waals surface area (Å²) in [5, 5.41) is 8.01. The Labute approximate surface area is 195 Å². The van der Waals surface area contributed by atoms with Crippen LogP contribution in [0.4, 0.5) is 10.5 Å². The van der Waals surface area contributed by atoms with Gasteiger partial charge in [0.2, 0.25) is 0 Å². The number of nitrogens with zero attached hydrogens (tertiary/aromatic N) is 2. The molecule has 2 aromatic heterocycles. The van der Waals surface area contributed by atoms with Gasteiger partial charge in [0.15, 0.2) is 0 Å². The Morgan fingerprint density at radius 2 is 1.75 bits per heavy atom. The lowest BCUT2D eigenvalue weighted by Gasteiger charge is -2.32. The SMILES string of the molecule is CC(C)c1cccc(C(C)C)c1NC(=O)NCC1(n2cc(Cl)c3cccnc32)CCCC1. The van der Waals surface area contributed by atoms with Gasteiger partial charge in [0.05, 0.1) is 10.6 Å². The van der Waals surface area contributed by atoms with Crippen molar-refractivity contribution in [1.29, 1.82) is 0 Å². The number of aromatic nitrogens is 2. The number of pyridine rings is 1. The average molecular weight is 453 g/mol. The first-order valence-corrected chi connectivity index (χ1v) is 12.0. The van der Waals surface area contributed by atoms with Gasteiger partial charge in [0.1, 0.15) is 5.65 Å². The number of carbonyl (C=O) groups excluding carboxylic acids is 1. The van der Waals surface area contributed by atoms with Crippen LogP contribution in [0, 0.1) is 0 Å². The Morgan fingerprint density at radius 3 is 2.38 bits per heavy atom. The summed E-state index contributed by atoms with van der Waals surface area (Å²) >= 11 is 6.52. The number of hydrogen-bond donors (Lipinski definition) is 2. The van der Waals surface area contributed by atoms with Crippen molar-refractivity contribution in [1.82, 2.24) is 14.9 Å². The van der Waals surface area contributed by atoms with E-state index < -0.39 is 0 Å². The molecule has 0 atom stereocenters. The van der Waals surface area contributed by atoms with Crippen molar-refractivity contribution < 1.29 is 4.79 Å². The fourth-order valence-corrected chi connectivity index (χ4v) is 5.26. The van der Waals surface area contributed by atoms with Crippen molar-refractivity contribution in [3.8, 4) is 0 Å². The van der Waals surface area contributed by atoms with Crippen molar-refractivity contribution >= 4 is 34.4 Å². The number of fused-ring (bicyclic) bond motifs is 1. The van der Waals surface area contributed by atoms with Crippen LogP contribution in [0.1, 0.15) is 76.3 Å². The number of nitrogens with one attached hydrogen (secondary N) is 2. The highest BCUT2D eigenvalue weighted by Crippen LogP contribution is 2.40. The summed E-state index contributed by atoms with van der Waals surface area (Å²) in [6.07, 6.45) is 8.01. The molecule has 2 heterocycles. The molecule has 0 saturated heterocycles. The Bertz CT molecular complexity index is 1090. The van der Waals surface area contributed by atoms with Gasteiger partial charge in [-0.3, -0.25) is 0 Å². The second-order valence-corrected chi connectivity index (χ2v) is 9.99. The van der Waals surface area contributed by atoms with Crippen LogP contribution < -0.4 is 10.6 Å². The van der Waals surface area contributed by atoms with E-state index in [0.29, 0.717) is 23.4 Å². The molecule has 1 saturated carbocycles. The maximum atomic E-state index is 13.1. The molecule has 5 nitrogen and oxygen atoms in total. The predicted octanol–water partition coefficient (Wildman–Crippen LogP) is 7.03. The van der Waals surface area contributed by atoms with Crippen LogP contribution in [-0.4, -0.2) is 22.1 Å². The minimum absolute atomic E-state index is 0.165. The Kier molecular flexibility index (Phi) is 6.47. The molecule has 32 heavy (non-hydrogen) atoms. The summed E-state index contributed by atoms with van der Waals surface area (Å²) in [5.41, 5.74) is 3.93. The summed E-state index contributed by atoms with van der Waals surface area (Å²) < 4.78 is 2.19. The zero-order valence-electron chi connectivity index (χ0n) is 19.4. The molecule has 2 N–H and O–H groups in total. The molecule has 1 fully saturated rings. The van der Waals surface area contributed by atoms with Crippen molar-refractivity contribution in [2.75, 3.05) is 11.9 Å². The van der Waals surface area contributed by atoms with Crippen LogP contribution in [0.2, 0.25) is 5.02 Å². The van der Waals surface area contributed by atoms with Gasteiger partial charge in [-0.25, -0.2) is 9.78 Å². The molecule has 3 aromatic rings. The van der Waals surface area contributed by atoms with E-state index in [1.807, 2.05) is 18.3 Å². The Balaban J connectivity index is 1.58. The summed E-state index contributed by atoms with van der Waals surface area (Å²) in [6, 6.07) is 10.0. The lowest BCUT2D eigenvalue weighted by Crippen LogP contribution is -2.44. The molecule has 1 aliphatic carbocycles. The lowest BCUT2D eigenvalue weighted by molar-refractivity contribution is 0.239. The van der Waals surface area contributed by atoms with Crippen LogP contribution in [-0.2, 0) is 5.54 Å². The molecule has 0 bridgehead atoms. The maximum absolute atomic E-state index is 13.1. The van der Waals surface area contributed by atoms with Crippen molar-refractivity contribution in [3.63, 3.8) is 0 Å². The van der Waals surface area contributed by atoms with E-state index >= 15 is 0 Å². The maximum Gasteiger partial charge on any atom is 0.319 e. The van der Waals surface area contributed by atoms with Crippen molar-refractivity contribution in [2.24, 2.45) is 0 Å². The number of amides is 2. The summed E-state index contributed by atoms with van der Waals surface area (Å²) in [6.45, 7) is 9.16. The smallest absolute Gasteiger partial charge is 0.319 e. The van der Waals surface area contributed by atoms with E-state index in [9.17, 15) is 4.79 Å². The quantitative estimate of drug-likeness (QED) is 0.421. The van der Waals surface area contributed by atoms with Crippen LogP contribution in [0.15, 0.2) is 42.7 Å². The third kappa shape index (κ3) is 4.23. The number of rotatable bonds is 6. The Morgan fingerprint density at radius 1 is 1.09 bits per heavy atom. The van der Waals surface area contributed by atoms with Gasteiger partial charge in [0, 0.05) is 30.0 Å². The van der Waals surface area contributed by atoms with E-state index in [1.165, 1.54) is 0 Å².